The van der Waals surface area contributed by atoms with E-state index >= 15 is 8.78 Å². The van der Waals surface area contributed by atoms with Crippen molar-refractivity contribution in [1.82, 2.24) is 0 Å². The third-order valence-electron chi connectivity index (χ3n) is 14.1. The Kier molecular flexibility index (Phi) is 7.63. The van der Waals surface area contributed by atoms with Crippen molar-refractivity contribution in [2.45, 2.75) is 110 Å². The predicted octanol–water partition coefficient (Wildman–Crippen LogP) is 11.3. The van der Waals surface area contributed by atoms with E-state index in [2.05, 4.69) is 132 Å². The molecular formula is C49H52F2N2+2. The number of hydrogen-bond acceptors (Lipinski definition) is 0. The summed E-state index contributed by atoms with van der Waals surface area (Å²) in [5.74, 6) is -0.0874. The van der Waals surface area contributed by atoms with Crippen molar-refractivity contribution in [3.8, 4) is 22.5 Å². The maximum absolute atomic E-state index is 16.6. The standard InChI is InChI=1S/C49H52F2N2/c1-9-12-14-29-25-32-22-24-53-28-33(49(10-2,11-3)35-18-20-38(51)44-42(35)46(53)40(32)36(26-29)48(44,6)7)27-31-17-19-37(50)43-41(31)45-39-30(21-23-52(45)8)15-13-16-34(39)47(43,4)5/h13,15-26,33H,9-12,14,27-28H2,1-8H3/q+2. The number of unbranched alkanes of at least 4 members (excludes halogenated alkanes) is 1. The molecule has 0 spiro atoms. The lowest BCUT2D eigenvalue weighted by Crippen LogP contribution is -2.45. The molecule has 0 bridgehead atoms. The van der Waals surface area contributed by atoms with Crippen molar-refractivity contribution in [2.75, 3.05) is 0 Å². The first kappa shape index (κ1) is 34.3. The van der Waals surface area contributed by atoms with Gasteiger partial charge < -0.3 is 0 Å². The van der Waals surface area contributed by atoms with E-state index in [9.17, 15) is 0 Å². The maximum Gasteiger partial charge on any atom is 0.221 e. The monoisotopic (exact) mass is 706 g/mol. The first-order valence-corrected chi connectivity index (χ1v) is 20.0. The van der Waals surface area contributed by atoms with Crippen molar-refractivity contribution in [1.29, 1.82) is 0 Å². The average Bonchev–Trinajstić information content (AvgIpc) is 3.25. The summed E-state index contributed by atoms with van der Waals surface area (Å²) in [6.07, 6.45) is 10.3. The van der Waals surface area contributed by atoms with Crippen LogP contribution >= 0.6 is 0 Å². The van der Waals surface area contributed by atoms with Crippen LogP contribution in [0.4, 0.5) is 8.78 Å². The largest absolute Gasteiger partial charge is 0.221 e. The fraction of sp³-hybridized carbons (Fsp3) is 0.388. The third-order valence-corrected chi connectivity index (χ3v) is 14.1. The zero-order valence-electron chi connectivity index (χ0n) is 32.7. The van der Waals surface area contributed by atoms with Crippen molar-refractivity contribution in [3.05, 3.63) is 130 Å². The summed E-state index contributed by atoms with van der Waals surface area (Å²) in [5.41, 5.74) is 11.0. The predicted molar refractivity (Wildman–Crippen MR) is 212 cm³/mol. The van der Waals surface area contributed by atoms with E-state index in [1.807, 2.05) is 0 Å². The van der Waals surface area contributed by atoms with E-state index in [1.165, 1.54) is 55.1 Å². The minimum atomic E-state index is -0.512. The van der Waals surface area contributed by atoms with Crippen LogP contribution in [0.3, 0.4) is 0 Å². The summed E-state index contributed by atoms with van der Waals surface area (Å²) in [6.45, 7) is 16.5. The van der Waals surface area contributed by atoms with Crippen molar-refractivity contribution >= 4 is 21.5 Å². The van der Waals surface area contributed by atoms with Crippen LogP contribution in [0.2, 0.25) is 0 Å². The van der Waals surface area contributed by atoms with E-state index < -0.39 is 10.8 Å². The van der Waals surface area contributed by atoms with Crippen LogP contribution in [0.5, 0.6) is 0 Å². The molecular weight excluding hydrogens is 655 g/mol. The van der Waals surface area contributed by atoms with Gasteiger partial charge in [0.1, 0.15) is 18.7 Å². The van der Waals surface area contributed by atoms with Crippen LogP contribution in [0.25, 0.3) is 44.1 Å². The summed E-state index contributed by atoms with van der Waals surface area (Å²) in [6, 6.07) is 23.4. The topological polar surface area (TPSA) is 7.76 Å². The van der Waals surface area contributed by atoms with Gasteiger partial charge in [-0.2, -0.15) is 4.57 Å². The first-order chi connectivity index (χ1) is 25.4. The minimum Gasteiger partial charge on any atom is -0.207 e. The number of aromatic nitrogens is 2. The second-order valence-corrected chi connectivity index (χ2v) is 17.4. The van der Waals surface area contributed by atoms with Crippen LogP contribution in [0, 0.1) is 17.6 Å². The maximum atomic E-state index is 16.6. The number of rotatable bonds is 7. The van der Waals surface area contributed by atoms with E-state index in [0.29, 0.717) is 0 Å². The second kappa shape index (κ2) is 11.8. The van der Waals surface area contributed by atoms with Gasteiger partial charge in [-0.05, 0) is 82.8 Å². The van der Waals surface area contributed by atoms with Crippen molar-refractivity contribution in [2.24, 2.45) is 13.0 Å². The summed E-state index contributed by atoms with van der Waals surface area (Å²) in [4.78, 5) is 0. The smallest absolute Gasteiger partial charge is 0.207 e. The molecule has 2 aromatic heterocycles. The van der Waals surface area contributed by atoms with Crippen molar-refractivity contribution < 1.29 is 17.9 Å². The Bertz CT molecular complexity index is 2520. The highest BCUT2D eigenvalue weighted by molar-refractivity contribution is 6.02. The molecule has 4 aromatic carbocycles. The normalized spacial score (nSPS) is 18.3. The quantitative estimate of drug-likeness (QED) is 0.146. The lowest BCUT2D eigenvalue weighted by Gasteiger charge is -2.41. The Balaban J connectivity index is 1.32. The highest BCUT2D eigenvalue weighted by Crippen LogP contribution is 2.57. The zero-order valence-corrected chi connectivity index (χ0v) is 32.7. The van der Waals surface area contributed by atoms with E-state index in [-0.39, 0.29) is 23.0 Å². The molecule has 0 fully saturated rings. The third kappa shape index (κ3) is 4.53. The number of halogens is 2. The van der Waals surface area contributed by atoms with Crippen LogP contribution in [-0.4, -0.2) is 0 Å². The molecule has 9 rings (SSSR count). The Hall–Kier alpha value is -4.44. The molecule has 3 aliphatic rings. The average molecular weight is 707 g/mol. The van der Waals surface area contributed by atoms with Crippen LogP contribution in [0.15, 0.2) is 79.1 Å². The van der Waals surface area contributed by atoms with Gasteiger partial charge in [-0.25, -0.2) is 13.3 Å². The van der Waals surface area contributed by atoms with Crippen LogP contribution < -0.4 is 9.13 Å². The molecule has 1 aliphatic heterocycles. The fourth-order valence-corrected chi connectivity index (χ4v) is 11.3. The first-order valence-electron chi connectivity index (χ1n) is 20.0. The molecule has 270 valence electrons. The highest BCUT2D eigenvalue weighted by Gasteiger charge is 2.51. The molecule has 0 saturated heterocycles. The minimum absolute atomic E-state index is 0.115. The lowest BCUT2D eigenvalue weighted by molar-refractivity contribution is -0.692. The molecule has 53 heavy (non-hydrogen) atoms. The second-order valence-electron chi connectivity index (χ2n) is 17.4. The van der Waals surface area contributed by atoms with Gasteiger partial charge in [-0.1, -0.05) is 97.4 Å². The lowest BCUT2D eigenvalue weighted by atomic mass is 9.60. The van der Waals surface area contributed by atoms with Gasteiger partial charge in [0.15, 0.2) is 18.9 Å². The molecule has 1 atom stereocenters. The van der Waals surface area contributed by atoms with Crippen molar-refractivity contribution in [3.63, 3.8) is 0 Å². The van der Waals surface area contributed by atoms with Crippen LogP contribution in [0.1, 0.15) is 113 Å². The number of hydrogen-bond donors (Lipinski definition) is 0. The Morgan fingerprint density at radius 2 is 1.38 bits per heavy atom. The van der Waals surface area contributed by atoms with Gasteiger partial charge in [0.05, 0.1) is 21.9 Å². The Morgan fingerprint density at radius 1 is 0.698 bits per heavy atom. The van der Waals surface area contributed by atoms with Crippen LogP contribution in [-0.2, 0) is 42.7 Å². The van der Waals surface area contributed by atoms with E-state index in [4.69, 9.17) is 0 Å². The van der Waals surface area contributed by atoms with E-state index in [1.54, 1.807) is 12.1 Å². The molecule has 2 nitrogen and oxygen atoms in total. The Labute approximate surface area is 313 Å². The highest BCUT2D eigenvalue weighted by atomic mass is 19.1. The molecule has 0 N–H and O–H groups in total. The number of pyridine rings is 2. The molecule has 0 amide bonds. The Morgan fingerprint density at radius 3 is 2.11 bits per heavy atom. The SMILES string of the molecule is CCCCc1cc2c3c4[n+](ccc3c1)CC(Cc1ccc(F)c3c1-c1c5c(cccc5cc[n+]1C)C3(C)C)C(CC)(CC)c1ccc(F)c(c1-4)C2(C)C. The summed E-state index contributed by atoms with van der Waals surface area (Å²) in [7, 11) is 2.10. The number of nitrogens with zero attached hydrogens (tertiary/aromatic N) is 2. The molecule has 4 heteroatoms. The summed E-state index contributed by atoms with van der Waals surface area (Å²) < 4.78 is 37.7. The van der Waals surface area contributed by atoms with Gasteiger partial charge in [0.2, 0.25) is 11.4 Å². The van der Waals surface area contributed by atoms with Gasteiger partial charge in [0.25, 0.3) is 0 Å². The number of aryl methyl sites for hydroxylation is 2. The summed E-state index contributed by atoms with van der Waals surface area (Å²) >= 11 is 0. The van der Waals surface area contributed by atoms with Gasteiger partial charge in [-0.15, -0.1) is 0 Å². The number of benzene rings is 4. The molecule has 6 aromatic rings. The van der Waals surface area contributed by atoms with Gasteiger partial charge in [-0.3, -0.25) is 0 Å². The molecule has 1 unspecified atom stereocenters. The van der Waals surface area contributed by atoms with Gasteiger partial charge in [0, 0.05) is 45.4 Å². The molecule has 0 radical (unpaired) electrons. The van der Waals surface area contributed by atoms with Gasteiger partial charge >= 0.3 is 0 Å². The molecule has 3 heterocycles. The number of fused-ring (bicyclic) bond motifs is 2. The fourth-order valence-electron chi connectivity index (χ4n) is 11.3. The summed E-state index contributed by atoms with van der Waals surface area (Å²) in [5, 5.41) is 4.93. The van der Waals surface area contributed by atoms with E-state index in [0.717, 1.165) is 73.0 Å². The zero-order chi connectivity index (χ0) is 37.2. The molecule has 0 saturated carbocycles. The molecule has 2 aliphatic carbocycles.